The molecule has 2 aliphatic heterocycles. The van der Waals surface area contributed by atoms with Crippen LogP contribution in [-0.4, -0.2) is 50.8 Å². The van der Waals surface area contributed by atoms with Gasteiger partial charge in [-0.2, -0.15) is 0 Å². The number of aromatic nitrogens is 1. The highest BCUT2D eigenvalue weighted by molar-refractivity contribution is 6.09. The number of carbonyl (C=O) groups is 4. The first kappa shape index (κ1) is 29.5. The predicted octanol–water partition coefficient (Wildman–Crippen LogP) is 6.49. The van der Waals surface area contributed by atoms with Crippen molar-refractivity contribution in [1.29, 1.82) is 0 Å². The minimum atomic E-state index is -0.427. The number of carbonyl (C=O) groups excluding carboxylic acids is 4. The van der Waals surface area contributed by atoms with Crippen LogP contribution in [-0.2, 0) is 27.3 Å². The standard InChI is InChI=1S/C34H47N3O4/c1-7-28(39)27-17-34-14-12-30(40)33(5,6)13-10-8-9-11-23-15-24(35-21(2)3)16-25-26(22(4)38)19-36(32(23)25)20-31(41)37(27)29(34)18-34/h15-16,19,21,27,29,35H,7-14,17-18,20H2,1-6H3/t27-,29+,34-/m0/s1. The van der Waals surface area contributed by atoms with Gasteiger partial charge in [-0.3, -0.25) is 19.2 Å². The number of hydrogen-bond acceptors (Lipinski definition) is 5. The van der Waals surface area contributed by atoms with E-state index in [4.69, 9.17) is 0 Å². The zero-order chi connectivity index (χ0) is 29.7. The van der Waals surface area contributed by atoms with Crippen LogP contribution in [0.25, 0.3) is 10.9 Å². The van der Waals surface area contributed by atoms with E-state index in [1.54, 1.807) is 6.92 Å². The molecule has 0 radical (unpaired) electrons. The summed E-state index contributed by atoms with van der Waals surface area (Å²) in [6.45, 7) is 11.9. The summed E-state index contributed by atoms with van der Waals surface area (Å²) < 4.78 is 1.96. The van der Waals surface area contributed by atoms with Crippen molar-refractivity contribution in [2.45, 2.75) is 130 Å². The molecule has 2 aromatic rings. The lowest BCUT2D eigenvalue weighted by molar-refractivity contribution is -0.139. The summed E-state index contributed by atoms with van der Waals surface area (Å²) in [6.07, 6.45) is 9.64. The number of aryl methyl sites for hydroxylation is 1. The van der Waals surface area contributed by atoms with Gasteiger partial charge in [0.15, 0.2) is 11.6 Å². The fraction of sp³-hybridized carbons (Fsp3) is 0.647. The van der Waals surface area contributed by atoms with E-state index in [9.17, 15) is 19.2 Å². The van der Waals surface area contributed by atoms with E-state index >= 15 is 0 Å². The topological polar surface area (TPSA) is 88.5 Å². The predicted molar refractivity (Wildman–Crippen MR) is 162 cm³/mol. The molecule has 1 N–H and O–H groups in total. The van der Waals surface area contributed by atoms with E-state index in [0.29, 0.717) is 30.6 Å². The smallest absolute Gasteiger partial charge is 0.243 e. The summed E-state index contributed by atoms with van der Waals surface area (Å²) in [5.41, 5.74) is 3.16. The molecule has 3 heterocycles. The maximum Gasteiger partial charge on any atom is 0.243 e. The third-order valence-corrected chi connectivity index (χ3v) is 9.97. The number of ketones is 3. The van der Waals surface area contributed by atoms with Crippen LogP contribution >= 0.6 is 0 Å². The number of amides is 1. The molecule has 1 aromatic heterocycles. The molecule has 5 rings (SSSR count). The summed E-state index contributed by atoms with van der Waals surface area (Å²) in [6, 6.07) is 4.03. The van der Waals surface area contributed by atoms with Gasteiger partial charge in [-0.1, -0.05) is 33.6 Å². The number of piperidine rings is 1. The van der Waals surface area contributed by atoms with Crippen molar-refractivity contribution in [2.75, 3.05) is 5.32 Å². The van der Waals surface area contributed by atoms with Crippen LogP contribution in [0.2, 0.25) is 0 Å². The number of nitrogens with one attached hydrogen (secondary N) is 1. The van der Waals surface area contributed by atoms with Crippen LogP contribution in [0.1, 0.15) is 115 Å². The highest BCUT2D eigenvalue weighted by Gasteiger charge is 2.66. The Kier molecular flexibility index (Phi) is 7.95. The Bertz CT molecular complexity index is 1390. The van der Waals surface area contributed by atoms with E-state index in [2.05, 4.69) is 39.1 Å². The molecule has 0 unspecified atom stereocenters. The van der Waals surface area contributed by atoms with E-state index < -0.39 is 6.04 Å². The fourth-order valence-electron chi connectivity index (χ4n) is 7.53. The van der Waals surface area contributed by atoms with Gasteiger partial charge < -0.3 is 14.8 Å². The SMILES string of the molecule is CCC(=O)[C@@H]1C[C@]23CCC(=O)C(C)(C)CCCCCc4cc(NC(C)C)cc5c(C(C)=O)cn(c45)CC(=O)N1[C@@H]2C3. The van der Waals surface area contributed by atoms with E-state index in [1.807, 2.05) is 28.7 Å². The molecule has 7 nitrogen and oxygen atoms in total. The minimum absolute atomic E-state index is 0.0116. The molecule has 3 atom stereocenters. The van der Waals surface area contributed by atoms with E-state index in [-0.39, 0.29) is 46.9 Å². The number of nitrogens with zero attached hydrogens (tertiary/aromatic N) is 2. The first-order chi connectivity index (χ1) is 19.4. The molecule has 2 fully saturated rings. The van der Waals surface area contributed by atoms with Gasteiger partial charge in [0.05, 0.1) is 11.6 Å². The van der Waals surface area contributed by atoms with Crippen LogP contribution in [0, 0.1) is 10.8 Å². The second-order valence-corrected chi connectivity index (χ2v) is 13.8. The van der Waals surface area contributed by atoms with Gasteiger partial charge in [0, 0.05) is 53.2 Å². The van der Waals surface area contributed by atoms with E-state index in [0.717, 1.165) is 67.1 Å². The minimum Gasteiger partial charge on any atom is -0.383 e. The molecular formula is C34H47N3O4. The average molecular weight is 562 g/mol. The zero-order valence-electron chi connectivity index (χ0n) is 25.8. The third kappa shape index (κ3) is 5.61. The molecule has 222 valence electrons. The van der Waals surface area contributed by atoms with Gasteiger partial charge in [0.25, 0.3) is 0 Å². The summed E-state index contributed by atoms with van der Waals surface area (Å²) >= 11 is 0. The highest BCUT2D eigenvalue weighted by Crippen LogP contribution is 2.62. The average Bonchev–Trinajstić information content (AvgIpc) is 3.31. The van der Waals surface area contributed by atoms with Crippen molar-refractivity contribution in [2.24, 2.45) is 10.8 Å². The number of Topliss-reactive ketones (excluding diaryl/α,β-unsaturated/α-hetero) is 3. The molecule has 1 aliphatic carbocycles. The van der Waals surface area contributed by atoms with Crippen molar-refractivity contribution in [3.05, 3.63) is 29.5 Å². The number of rotatable bonds is 5. The third-order valence-electron chi connectivity index (χ3n) is 9.97. The van der Waals surface area contributed by atoms with Crippen LogP contribution in [0.15, 0.2) is 18.3 Å². The summed E-state index contributed by atoms with van der Waals surface area (Å²) in [5, 5.41) is 4.38. The number of anilines is 1. The van der Waals surface area contributed by atoms with Crippen molar-refractivity contribution < 1.29 is 19.2 Å². The number of benzene rings is 1. The lowest BCUT2D eigenvalue weighted by atomic mass is 9.79. The molecule has 2 bridgehead atoms. The van der Waals surface area contributed by atoms with Crippen molar-refractivity contribution in [3.63, 3.8) is 0 Å². The van der Waals surface area contributed by atoms with Gasteiger partial charge in [0.1, 0.15) is 12.3 Å². The first-order valence-corrected chi connectivity index (χ1v) is 15.7. The van der Waals surface area contributed by atoms with Gasteiger partial charge in [0.2, 0.25) is 5.91 Å². The molecule has 1 amide bonds. The van der Waals surface area contributed by atoms with Gasteiger partial charge >= 0.3 is 0 Å². The second-order valence-electron chi connectivity index (χ2n) is 13.8. The second kappa shape index (κ2) is 11.0. The normalized spacial score (nSPS) is 26.7. The number of hydrogen-bond donors (Lipinski definition) is 1. The summed E-state index contributed by atoms with van der Waals surface area (Å²) in [4.78, 5) is 55.2. The Balaban J connectivity index is 1.59. The molecule has 7 heteroatoms. The monoisotopic (exact) mass is 561 g/mol. The Morgan fingerprint density at radius 2 is 1.80 bits per heavy atom. The van der Waals surface area contributed by atoms with Crippen LogP contribution in [0.4, 0.5) is 5.69 Å². The molecule has 41 heavy (non-hydrogen) atoms. The van der Waals surface area contributed by atoms with Crippen LogP contribution in [0.5, 0.6) is 0 Å². The molecule has 1 saturated heterocycles. The van der Waals surface area contributed by atoms with Crippen LogP contribution < -0.4 is 5.32 Å². The first-order valence-electron chi connectivity index (χ1n) is 15.7. The molecule has 3 aliphatic rings. The summed E-state index contributed by atoms with van der Waals surface area (Å²) in [5.74, 6) is 0.300. The molecule has 0 spiro atoms. The lowest BCUT2D eigenvalue weighted by Gasteiger charge is -2.27. The van der Waals surface area contributed by atoms with Gasteiger partial charge in [-0.15, -0.1) is 0 Å². The quantitative estimate of drug-likeness (QED) is 0.421. The van der Waals surface area contributed by atoms with E-state index in [1.165, 1.54) is 0 Å². The largest absolute Gasteiger partial charge is 0.383 e. The van der Waals surface area contributed by atoms with Crippen LogP contribution in [0.3, 0.4) is 0 Å². The Labute approximate surface area is 244 Å². The van der Waals surface area contributed by atoms with Crippen molar-refractivity contribution >= 4 is 39.8 Å². The maximum absolute atomic E-state index is 14.1. The Hall–Kier alpha value is -2.96. The molecule has 1 saturated carbocycles. The van der Waals surface area contributed by atoms with Gasteiger partial charge in [-0.25, -0.2) is 0 Å². The Morgan fingerprint density at radius 3 is 2.49 bits per heavy atom. The Morgan fingerprint density at radius 1 is 1.05 bits per heavy atom. The molecule has 1 aromatic carbocycles. The maximum atomic E-state index is 14.1. The highest BCUT2D eigenvalue weighted by atomic mass is 16.2. The molecular weight excluding hydrogens is 514 g/mol. The zero-order valence-corrected chi connectivity index (χ0v) is 25.8. The fourth-order valence-corrected chi connectivity index (χ4v) is 7.53. The van der Waals surface area contributed by atoms with Crippen molar-refractivity contribution in [1.82, 2.24) is 9.47 Å². The lowest BCUT2D eigenvalue weighted by Crippen LogP contribution is -2.44. The van der Waals surface area contributed by atoms with Crippen molar-refractivity contribution in [3.8, 4) is 0 Å². The van der Waals surface area contributed by atoms with Gasteiger partial charge in [-0.05, 0) is 82.4 Å². The summed E-state index contributed by atoms with van der Waals surface area (Å²) in [7, 11) is 0.